The highest BCUT2D eigenvalue weighted by molar-refractivity contribution is 6.76. The second kappa shape index (κ2) is 5.18. The molecule has 3 rings (SSSR count). The fourth-order valence-corrected chi connectivity index (χ4v) is 6.33. The lowest BCUT2D eigenvalue weighted by Gasteiger charge is -2.30. The van der Waals surface area contributed by atoms with E-state index >= 15 is 0 Å². The quantitative estimate of drug-likeness (QED) is 0.794. The Morgan fingerprint density at radius 3 is 2.86 bits per heavy atom. The molecule has 0 N–H and O–H groups in total. The Balaban J connectivity index is 1.88. The Bertz CT molecular complexity index is 517. The summed E-state index contributed by atoms with van der Waals surface area (Å²) in [5.41, 5.74) is 2.28. The summed E-state index contributed by atoms with van der Waals surface area (Å²) in [6.07, 6.45) is 1.56. The molecule has 3 atom stereocenters. The molecule has 1 aromatic heterocycles. The lowest BCUT2D eigenvalue weighted by atomic mass is 10.1. The van der Waals surface area contributed by atoms with E-state index in [1.807, 2.05) is 17.8 Å². The van der Waals surface area contributed by atoms with Crippen molar-refractivity contribution in [2.75, 3.05) is 6.61 Å². The van der Waals surface area contributed by atoms with Crippen molar-refractivity contribution in [1.82, 2.24) is 5.23 Å². The standard InChI is InChI=1S/C14H23NO4Si2/c1-6-20(2,3)19-15-13-12(10-17-15)21(4,5)18-14(13)11-8-7-9-16-11/h6-9,12-14H,1,10H2,2-5H3/t12-,13+,14-/m1/s1. The molecule has 116 valence electrons. The van der Waals surface area contributed by atoms with E-state index in [1.165, 1.54) is 0 Å². The summed E-state index contributed by atoms with van der Waals surface area (Å²) in [5.74, 6) is 0.847. The van der Waals surface area contributed by atoms with Crippen LogP contribution in [0, 0.1) is 0 Å². The maximum atomic E-state index is 6.37. The molecule has 5 nitrogen and oxygen atoms in total. The molecule has 0 aromatic carbocycles. The number of hydrogen-bond acceptors (Lipinski definition) is 5. The van der Waals surface area contributed by atoms with Gasteiger partial charge in [0, 0.05) is 5.54 Å². The predicted molar refractivity (Wildman–Crippen MR) is 84.1 cm³/mol. The molecule has 0 saturated carbocycles. The first-order chi connectivity index (χ1) is 9.84. The largest absolute Gasteiger partial charge is 0.467 e. The van der Waals surface area contributed by atoms with Crippen molar-refractivity contribution in [2.45, 2.75) is 43.9 Å². The number of furan rings is 1. The molecule has 21 heavy (non-hydrogen) atoms. The van der Waals surface area contributed by atoms with Crippen molar-refractivity contribution in [3.8, 4) is 0 Å². The van der Waals surface area contributed by atoms with Gasteiger partial charge < -0.3 is 13.4 Å². The van der Waals surface area contributed by atoms with Gasteiger partial charge in [-0.3, -0.25) is 4.84 Å². The first kappa shape index (κ1) is 15.2. The zero-order chi connectivity index (χ0) is 15.3. The Hall–Kier alpha value is -0.706. The van der Waals surface area contributed by atoms with Gasteiger partial charge in [0.2, 0.25) is 8.32 Å². The van der Waals surface area contributed by atoms with Gasteiger partial charge in [-0.2, -0.15) is 0 Å². The van der Waals surface area contributed by atoms with Crippen LogP contribution in [-0.2, 0) is 13.8 Å². The number of fused-ring (bicyclic) bond motifs is 1. The van der Waals surface area contributed by atoms with Gasteiger partial charge in [-0.05, 0) is 38.3 Å². The van der Waals surface area contributed by atoms with Crippen molar-refractivity contribution in [1.29, 1.82) is 0 Å². The minimum atomic E-state index is -1.97. The second-order valence-electron chi connectivity index (χ2n) is 6.73. The van der Waals surface area contributed by atoms with Crippen molar-refractivity contribution >= 4 is 16.6 Å². The van der Waals surface area contributed by atoms with Crippen molar-refractivity contribution < 1.29 is 18.2 Å². The first-order valence-electron chi connectivity index (χ1n) is 7.30. The maximum Gasteiger partial charge on any atom is 0.241 e. The molecule has 1 aromatic rings. The molecule has 2 aliphatic heterocycles. The van der Waals surface area contributed by atoms with Crippen molar-refractivity contribution in [3.05, 3.63) is 36.4 Å². The molecular weight excluding hydrogens is 302 g/mol. The number of rotatable bonds is 4. The van der Waals surface area contributed by atoms with Crippen LogP contribution in [0.5, 0.6) is 0 Å². The van der Waals surface area contributed by atoms with Gasteiger partial charge in [-0.15, -0.1) is 6.58 Å². The highest BCUT2D eigenvalue weighted by atomic mass is 28.4. The summed E-state index contributed by atoms with van der Waals surface area (Å²) in [6, 6.07) is 3.92. The molecule has 2 saturated heterocycles. The summed E-state index contributed by atoms with van der Waals surface area (Å²) < 4.78 is 18.1. The number of hydroxylamine groups is 2. The number of hydrogen-bond donors (Lipinski definition) is 0. The van der Waals surface area contributed by atoms with Gasteiger partial charge in [-0.1, -0.05) is 10.9 Å². The van der Waals surface area contributed by atoms with Crippen molar-refractivity contribution in [2.24, 2.45) is 0 Å². The van der Waals surface area contributed by atoms with E-state index in [9.17, 15) is 0 Å². The van der Waals surface area contributed by atoms with Crippen LogP contribution in [0.15, 0.2) is 35.1 Å². The van der Waals surface area contributed by atoms with Gasteiger partial charge >= 0.3 is 0 Å². The Kier molecular flexibility index (Phi) is 3.75. The summed E-state index contributed by atoms with van der Waals surface area (Å²) in [7, 11) is -3.80. The fraction of sp³-hybridized carbons (Fsp3) is 0.571. The maximum absolute atomic E-state index is 6.37. The van der Waals surface area contributed by atoms with E-state index in [2.05, 4.69) is 32.8 Å². The molecule has 7 heteroatoms. The van der Waals surface area contributed by atoms with Gasteiger partial charge in [0.15, 0.2) is 8.32 Å². The van der Waals surface area contributed by atoms with E-state index < -0.39 is 16.6 Å². The first-order valence-corrected chi connectivity index (χ1v) is 13.3. The highest BCUT2D eigenvalue weighted by Crippen LogP contribution is 2.51. The smallest absolute Gasteiger partial charge is 0.241 e. The third-order valence-electron chi connectivity index (χ3n) is 4.31. The van der Waals surface area contributed by atoms with Crippen LogP contribution in [-0.4, -0.2) is 34.5 Å². The zero-order valence-corrected chi connectivity index (χ0v) is 15.0. The van der Waals surface area contributed by atoms with Crippen LogP contribution in [0.4, 0.5) is 0 Å². The van der Waals surface area contributed by atoms with Gasteiger partial charge in [0.25, 0.3) is 0 Å². The average molecular weight is 326 g/mol. The van der Waals surface area contributed by atoms with E-state index in [0.29, 0.717) is 12.1 Å². The molecular formula is C14H23NO4Si2. The molecule has 0 aliphatic carbocycles. The lowest BCUT2D eigenvalue weighted by molar-refractivity contribution is -0.318. The third-order valence-corrected chi connectivity index (χ3v) is 9.10. The van der Waals surface area contributed by atoms with E-state index in [1.54, 1.807) is 11.5 Å². The summed E-state index contributed by atoms with van der Waals surface area (Å²) in [5, 5.41) is 1.67. The highest BCUT2D eigenvalue weighted by Gasteiger charge is 2.59. The molecule has 0 unspecified atom stereocenters. The van der Waals surface area contributed by atoms with E-state index in [4.69, 9.17) is 18.2 Å². The van der Waals surface area contributed by atoms with E-state index in [0.717, 1.165) is 5.76 Å². The summed E-state index contributed by atoms with van der Waals surface area (Å²) in [6.45, 7) is 13.2. The van der Waals surface area contributed by atoms with Gasteiger partial charge in [0.1, 0.15) is 11.9 Å². The molecule has 0 radical (unpaired) electrons. The zero-order valence-electron chi connectivity index (χ0n) is 13.0. The minimum Gasteiger partial charge on any atom is -0.467 e. The molecule has 0 spiro atoms. The van der Waals surface area contributed by atoms with Gasteiger partial charge in [0.05, 0.1) is 18.9 Å². The average Bonchev–Trinajstić information content (AvgIpc) is 3.09. The van der Waals surface area contributed by atoms with Crippen molar-refractivity contribution in [3.63, 3.8) is 0 Å². The molecule has 0 bridgehead atoms. The molecule has 2 aliphatic rings. The van der Waals surface area contributed by atoms with Crippen LogP contribution in [0.25, 0.3) is 0 Å². The Morgan fingerprint density at radius 2 is 2.24 bits per heavy atom. The van der Waals surface area contributed by atoms with Gasteiger partial charge in [-0.25, -0.2) is 0 Å². The third kappa shape index (κ3) is 2.69. The van der Waals surface area contributed by atoms with Crippen LogP contribution in [0.3, 0.4) is 0 Å². The molecule has 0 amide bonds. The van der Waals surface area contributed by atoms with Crippen LogP contribution in [0.1, 0.15) is 11.9 Å². The normalized spacial score (nSPS) is 32.3. The summed E-state index contributed by atoms with van der Waals surface area (Å²) >= 11 is 0. The molecule has 3 heterocycles. The SMILES string of the molecule is C=C[Si](C)(C)ON1OC[C@@H]2[C@H]1[C@@H](c1ccco1)O[Si]2(C)C. The second-order valence-corrected chi connectivity index (χ2v) is 14.7. The predicted octanol–water partition coefficient (Wildman–Crippen LogP) is 3.40. The topological polar surface area (TPSA) is 44.1 Å². The van der Waals surface area contributed by atoms with Crippen LogP contribution < -0.4 is 0 Å². The van der Waals surface area contributed by atoms with Crippen LogP contribution >= 0.6 is 0 Å². The monoisotopic (exact) mass is 325 g/mol. The van der Waals surface area contributed by atoms with Crippen LogP contribution in [0.2, 0.25) is 31.7 Å². The Labute approximate surface area is 127 Å². The molecule has 2 fully saturated rings. The minimum absolute atomic E-state index is 0.0598. The summed E-state index contributed by atoms with van der Waals surface area (Å²) in [4.78, 5) is 5.83. The Morgan fingerprint density at radius 1 is 1.48 bits per heavy atom. The lowest BCUT2D eigenvalue weighted by Crippen LogP contribution is -2.42. The van der Waals surface area contributed by atoms with E-state index in [-0.39, 0.29) is 12.1 Å². The fourth-order valence-electron chi connectivity index (χ4n) is 2.94. The number of nitrogens with zero attached hydrogens (tertiary/aromatic N) is 1.